The van der Waals surface area contributed by atoms with Crippen LogP contribution in [0.25, 0.3) is 0 Å². The van der Waals surface area contributed by atoms with Crippen molar-refractivity contribution >= 4 is 44.6 Å². The highest BCUT2D eigenvalue weighted by molar-refractivity contribution is 9.10. The molecule has 19 heavy (non-hydrogen) atoms. The minimum Gasteiger partial charge on any atom is -0.332 e. The molecule has 0 aliphatic heterocycles. The van der Waals surface area contributed by atoms with Crippen LogP contribution in [0.3, 0.4) is 0 Å². The molecule has 0 saturated heterocycles. The van der Waals surface area contributed by atoms with E-state index < -0.39 is 0 Å². The molecule has 2 rings (SSSR count). The third kappa shape index (κ3) is 3.75. The zero-order valence-electron chi connectivity index (χ0n) is 10.2. The number of benzene rings is 2. The molecule has 0 aromatic heterocycles. The van der Waals surface area contributed by atoms with Gasteiger partial charge in [-0.3, -0.25) is 0 Å². The number of thiocarbonyl (C=S) groups is 1. The lowest BCUT2D eigenvalue weighted by molar-refractivity contribution is 0.632. The first-order chi connectivity index (χ1) is 9.06. The van der Waals surface area contributed by atoms with Crippen LogP contribution >= 0.6 is 28.1 Å². The summed E-state index contributed by atoms with van der Waals surface area (Å²) in [7, 11) is 0. The first-order valence-electron chi connectivity index (χ1n) is 5.65. The molecule has 0 amide bonds. The summed E-state index contributed by atoms with van der Waals surface area (Å²) >= 11 is 8.58. The lowest BCUT2D eigenvalue weighted by atomic mass is 10.2. The molecule has 0 aliphatic rings. The number of nitrogens with one attached hydrogen (secondary N) is 2. The summed E-state index contributed by atoms with van der Waals surface area (Å²) in [5, 5.41) is 6.21. The predicted molar refractivity (Wildman–Crippen MR) is 85.1 cm³/mol. The number of rotatable bonds is 2. The maximum Gasteiger partial charge on any atom is 0.175 e. The van der Waals surface area contributed by atoms with Crippen LogP contribution in [0.1, 0.15) is 5.56 Å². The van der Waals surface area contributed by atoms with Crippen molar-refractivity contribution < 1.29 is 4.39 Å². The van der Waals surface area contributed by atoms with Crippen LogP contribution in [0.2, 0.25) is 0 Å². The second-order valence-corrected chi connectivity index (χ2v) is 5.30. The zero-order chi connectivity index (χ0) is 13.8. The van der Waals surface area contributed by atoms with Crippen LogP contribution in [0.5, 0.6) is 0 Å². The maximum atomic E-state index is 13.6. The highest BCUT2D eigenvalue weighted by Crippen LogP contribution is 2.22. The molecule has 0 saturated carbocycles. The highest BCUT2D eigenvalue weighted by Gasteiger charge is 2.06. The monoisotopic (exact) mass is 338 g/mol. The van der Waals surface area contributed by atoms with Gasteiger partial charge < -0.3 is 10.6 Å². The van der Waals surface area contributed by atoms with E-state index in [-0.39, 0.29) is 5.82 Å². The molecular weight excluding hydrogens is 327 g/mol. The largest absolute Gasteiger partial charge is 0.332 e. The number of hydrogen-bond donors (Lipinski definition) is 2. The molecule has 2 aromatic rings. The molecule has 0 atom stereocenters. The molecular formula is C14H12BrFN2S. The Balaban J connectivity index is 2.10. The SMILES string of the molecule is Cc1ccc(F)c(NC(=S)Nc2ccccc2Br)c1. The summed E-state index contributed by atoms with van der Waals surface area (Å²) in [5.74, 6) is -0.332. The van der Waals surface area contributed by atoms with Crippen molar-refractivity contribution in [2.75, 3.05) is 10.6 Å². The predicted octanol–water partition coefficient (Wildman–Crippen LogP) is 4.71. The van der Waals surface area contributed by atoms with Crippen molar-refractivity contribution in [2.24, 2.45) is 0 Å². The Morgan fingerprint density at radius 3 is 2.53 bits per heavy atom. The van der Waals surface area contributed by atoms with Gasteiger partial charge in [-0.15, -0.1) is 0 Å². The van der Waals surface area contributed by atoms with Crippen LogP contribution in [0.15, 0.2) is 46.9 Å². The summed E-state index contributed by atoms with van der Waals surface area (Å²) in [6, 6.07) is 12.4. The summed E-state index contributed by atoms with van der Waals surface area (Å²) < 4.78 is 14.5. The van der Waals surface area contributed by atoms with E-state index in [2.05, 4.69) is 26.6 Å². The van der Waals surface area contributed by atoms with E-state index in [0.29, 0.717) is 10.8 Å². The van der Waals surface area contributed by atoms with Crippen molar-refractivity contribution in [3.8, 4) is 0 Å². The summed E-state index contributed by atoms with van der Waals surface area (Å²) in [5.41, 5.74) is 2.16. The van der Waals surface area contributed by atoms with Gasteiger partial charge >= 0.3 is 0 Å². The molecule has 0 bridgehead atoms. The number of para-hydroxylation sites is 1. The van der Waals surface area contributed by atoms with Crippen LogP contribution in [0.4, 0.5) is 15.8 Å². The van der Waals surface area contributed by atoms with Crippen molar-refractivity contribution in [1.29, 1.82) is 0 Å². The standard InChI is InChI=1S/C14H12BrFN2S/c1-9-6-7-11(16)13(8-9)18-14(19)17-12-5-3-2-4-10(12)15/h2-8H,1H3,(H2,17,18,19). The fourth-order valence-electron chi connectivity index (χ4n) is 1.57. The second kappa shape index (κ2) is 6.12. The lowest BCUT2D eigenvalue weighted by Crippen LogP contribution is -2.20. The van der Waals surface area contributed by atoms with Crippen molar-refractivity contribution in [3.63, 3.8) is 0 Å². The van der Waals surface area contributed by atoms with Gasteiger partial charge in [-0.1, -0.05) is 18.2 Å². The van der Waals surface area contributed by atoms with E-state index in [1.54, 1.807) is 12.1 Å². The first-order valence-corrected chi connectivity index (χ1v) is 6.85. The minimum atomic E-state index is -0.332. The molecule has 0 aliphatic carbocycles. The average Bonchev–Trinajstić information content (AvgIpc) is 2.37. The van der Waals surface area contributed by atoms with Gasteiger partial charge in [-0.2, -0.15) is 0 Å². The van der Waals surface area contributed by atoms with Gasteiger partial charge in [0.1, 0.15) is 5.82 Å². The third-order valence-corrected chi connectivity index (χ3v) is 3.39. The number of anilines is 2. The van der Waals surface area contributed by atoms with Gasteiger partial charge in [-0.05, 0) is 64.9 Å². The van der Waals surface area contributed by atoms with E-state index in [1.165, 1.54) is 6.07 Å². The number of halogens is 2. The Hall–Kier alpha value is -1.46. The Bertz CT molecular complexity index is 616. The topological polar surface area (TPSA) is 24.1 Å². The van der Waals surface area contributed by atoms with E-state index in [1.807, 2.05) is 31.2 Å². The maximum absolute atomic E-state index is 13.6. The van der Waals surface area contributed by atoms with E-state index in [9.17, 15) is 4.39 Å². The van der Waals surface area contributed by atoms with Crippen molar-refractivity contribution in [2.45, 2.75) is 6.92 Å². The smallest absolute Gasteiger partial charge is 0.175 e. The molecule has 0 unspecified atom stereocenters. The normalized spacial score (nSPS) is 10.1. The van der Waals surface area contributed by atoms with Gasteiger partial charge in [0.2, 0.25) is 0 Å². The molecule has 2 N–H and O–H groups in total. The molecule has 98 valence electrons. The highest BCUT2D eigenvalue weighted by atomic mass is 79.9. The van der Waals surface area contributed by atoms with Crippen LogP contribution < -0.4 is 10.6 Å². The van der Waals surface area contributed by atoms with E-state index in [0.717, 1.165) is 15.7 Å². The van der Waals surface area contributed by atoms with Crippen molar-refractivity contribution in [3.05, 3.63) is 58.3 Å². The summed E-state index contributed by atoms with van der Waals surface area (Å²) in [4.78, 5) is 0. The van der Waals surface area contributed by atoms with Crippen LogP contribution in [-0.2, 0) is 0 Å². The molecule has 5 heteroatoms. The van der Waals surface area contributed by atoms with E-state index in [4.69, 9.17) is 12.2 Å². The van der Waals surface area contributed by atoms with Gasteiger partial charge in [0.25, 0.3) is 0 Å². The van der Waals surface area contributed by atoms with Crippen LogP contribution in [-0.4, -0.2) is 5.11 Å². The Morgan fingerprint density at radius 2 is 1.79 bits per heavy atom. The Labute approximate surface area is 125 Å². The average molecular weight is 339 g/mol. The molecule has 0 fully saturated rings. The third-order valence-electron chi connectivity index (χ3n) is 2.49. The molecule has 2 nitrogen and oxygen atoms in total. The zero-order valence-corrected chi connectivity index (χ0v) is 12.6. The molecule has 0 radical (unpaired) electrons. The number of hydrogen-bond acceptors (Lipinski definition) is 1. The van der Waals surface area contributed by atoms with Crippen LogP contribution in [0, 0.1) is 12.7 Å². The quantitative estimate of drug-likeness (QED) is 0.775. The van der Waals surface area contributed by atoms with Gasteiger partial charge in [0.15, 0.2) is 5.11 Å². The fraction of sp³-hybridized carbons (Fsp3) is 0.0714. The van der Waals surface area contributed by atoms with Gasteiger partial charge in [0.05, 0.1) is 11.4 Å². The van der Waals surface area contributed by atoms with Crippen molar-refractivity contribution in [1.82, 2.24) is 0 Å². The minimum absolute atomic E-state index is 0.332. The molecule has 2 aromatic carbocycles. The lowest BCUT2D eigenvalue weighted by Gasteiger charge is -2.12. The fourth-order valence-corrected chi connectivity index (χ4v) is 2.18. The molecule has 0 spiro atoms. The van der Waals surface area contributed by atoms with E-state index >= 15 is 0 Å². The summed E-state index contributed by atoms with van der Waals surface area (Å²) in [6.07, 6.45) is 0. The Kier molecular flexibility index (Phi) is 4.50. The second-order valence-electron chi connectivity index (χ2n) is 4.04. The molecule has 0 heterocycles. The Morgan fingerprint density at radius 1 is 1.11 bits per heavy atom. The first kappa shape index (κ1) is 14.0. The van der Waals surface area contributed by atoms with Gasteiger partial charge in [0, 0.05) is 4.47 Å². The number of aryl methyl sites for hydroxylation is 1. The van der Waals surface area contributed by atoms with Gasteiger partial charge in [-0.25, -0.2) is 4.39 Å². The summed E-state index contributed by atoms with van der Waals surface area (Å²) in [6.45, 7) is 1.90.